The quantitative estimate of drug-likeness (QED) is 0.390. The summed E-state index contributed by atoms with van der Waals surface area (Å²) in [5, 5.41) is 19.3. The van der Waals surface area contributed by atoms with Gasteiger partial charge in [-0.2, -0.15) is 5.10 Å². The van der Waals surface area contributed by atoms with Gasteiger partial charge in [-0.3, -0.25) is 20.3 Å². The van der Waals surface area contributed by atoms with Gasteiger partial charge in [0.25, 0.3) is 11.6 Å². The van der Waals surface area contributed by atoms with Crippen LogP contribution in [-0.4, -0.2) is 45.0 Å². The summed E-state index contributed by atoms with van der Waals surface area (Å²) in [5.74, 6) is -0.143. The Morgan fingerprint density at radius 2 is 1.86 bits per heavy atom. The van der Waals surface area contributed by atoms with Crippen molar-refractivity contribution in [1.29, 1.82) is 0 Å². The summed E-state index contributed by atoms with van der Waals surface area (Å²) in [4.78, 5) is 23.2. The van der Waals surface area contributed by atoms with Crippen molar-refractivity contribution in [3.63, 3.8) is 0 Å². The van der Waals surface area contributed by atoms with Crippen molar-refractivity contribution in [3.8, 4) is 5.69 Å². The maximum Gasteiger partial charge on any atom is 0.269 e. The number of carbonyl (C=O) groups excluding carboxylic acids is 1. The van der Waals surface area contributed by atoms with Crippen LogP contribution in [-0.2, 0) is 0 Å². The number of piperidine rings is 1. The molecule has 9 heteroatoms. The first-order valence-corrected chi connectivity index (χ1v) is 10.7. The van der Waals surface area contributed by atoms with Crippen LogP contribution in [0.1, 0.15) is 29.6 Å². The van der Waals surface area contributed by atoms with E-state index in [1.807, 2.05) is 29.5 Å². The zero-order chi connectivity index (χ0) is 20.4. The number of hydrazine groups is 1. The van der Waals surface area contributed by atoms with Gasteiger partial charge in [0.15, 0.2) is 0 Å². The summed E-state index contributed by atoms with van der Waals surface area (Å²) < 4.78 is 1.72. The minimum Gasteiger partial charge on any atom is -0.285 e. The highest BCUT2D eigenvalue weighted by Gasteiger charge is 2.18. The molecule has 1 aliphatic rings. The first-order chi connectivity index (χ1) is 14.1. The molecule has 3 aromatic rings. The molecule has 1 amide bonds. The monoisotopic (exact) mass is 411 g/mol. The smallest absolute Gasteiger partial charge is 0.269 e. The lowest BCUT2D eigenvalue weighted by atomic mass is 10.1. The van der Waals surface area contributed by atoms with E-state index < -0.39 is 4.92 Å². The van der Waals surface area contributed by atoms with E-state index in [-0.39, 0.29) is 11.6 Å². The molecule has 1 saturated heterocycles. The molecular weight excluding hydrogens is 390 g/mol. The predicted octanol–water partition coefficient (Wildman–Crippen LogP) is 3.79. The van der Waals surface area contributed by atoms with Crippen LogP contribution in [0.4, 0.5) is 5.69 Å². The van der Waals surface area contributed by atoms with Gasteiger partial charge in [0.1, 0.15) is 5.03 Å². The molecular formula is C20H21N5O3S. The number of thioether (sulfide) groups is 1. The Balaban J connectivity index is 1.70. The van der Waals surface area contributed by atoms with Crippen LogP contribution < -0.4 is 5.43 Å². The number of nitrogens with one attached hydrogen (secondary N) is 1. The molecule has 150 valence electrons. The molecule has 2 heterocycles. The van der Waals surface area contributed by atoms with E-state index in [4.69, 9.17) is 0 Å². The lowest BCUT2D eigenvalue weighted by molar-refractivity contribution is -0.384. The number of rotatable bonds is 5. The number of benzene rings is 2. The fourth-order valence-corrected chi connectivity index (χ4v) is 4.06. The number of fused-ring (bicyclic) bond motifs is 1. The van der Waals surface area contributed by atoms with E-state index in [0.29, 0.717) is 11.3 Å². The Morgan fingerprint density at radius 1 is 1.14 bits per heavy atom. The molecule has 1 aliphatic heterocycles. The van der Waals surface area contributed by atoms with Gasteiger partial charge in [0.2, 0.25) is 0 Å². The molecule has 0 unspecified atom stereocenters. The first-order valence-electron chi connectivity index (χ1n) is 9.44. The number of aromatic nitrogens is 2. The average molecular weight is 411 g/mol. The third-order valence-electron chi connectivity index (χ3n) is 5.02. The van der Waals surface area contributed by atoms with E-state index in [1.54, 1.807) is 16.8 Å². The topological polar surface area (TPSA) is 93.3 Å². The minimum atomic E-state index is -0.429. The van der Waals surface area contributed by atoms with Crippen LogP contribution in [0.5, 0.6) is 0 Å². The Hall–Kier alpha value is -2.91. The van der Waals surface area contributed by atoms with Crippen molar-refractivity contribution in [2.45, 2.75) is 24.3 Å². The van der Waals surface area contributed by atoms with Gasteiger partial charge in [-0.25, -0.2) is 9.69 Å². The average Bonchev–Trinajstić information content (AvgIpc) is 3.12. The molecule has 1 N–H and O–H groups in total. The second-order valence-electron chi connectivity index (χ2n) is 6.92. The van der Waals surface area contributed by atoms with E-state index >= 15 is 0 Å². The minimum absolute atomic E-state index is 0.0249. The number of amides is 1. The van der Waals surface area contributed by atoms with Crippen LogP contribution in [0.2, 0.25) is 0 Å². The number of nitro groups is 1. The van der Waals surface area contributed by atoms with Crippen LogP contribution in [0.25, 0.3) is 16.6 Å². The Morgan fingerprint density at radius 3 is 2.52 bits per heavy atom. The highest BCUT2D eigenvalue weighted by molar-refractivity contribution is 7.98. The fraction of sp³-hybridized carbons (Fsp3) is 0.300. The fourth-order valence-electron chi connectivity index (χ4n) is 3.50. The second-order valence-corrected chi connectivity index (χ2v) is 7.71. The number of nitro benzene ring substituents is 1. The van der Waals surface area contributed by atoms with Crippen molar-refractivity contribution in [2.24, 2.45) is 0 Å². The number of carbonyl (C=O) groups is 1. The molecule has 1 fully saturated rings. The van der Waals surface area contributed by atoms with Gasteiger partial charge in [-0.15, -0.1) is 11.8 Å². The highest BCUT2D eigenvalue weighted by atomic mass is 32.2. The van der Waals surface area contributed by atoms with Gasteiger partial charge in [0, 0.05) is 36.2 Å². The Bertz CT molecular complexity index is 1060. The highest BCUT2D eigenvalue weighted by Crippen LogP contribution is 2.29. The third-order valence-corrected chi connectivity index (χ3v) is 5.71. The summed E-state index contributed by atoms with van der Waals surface area (Å²) in [5.41, 5.74) is 5.05. The molecule has 0 bridgehead atoms. The summed E-state index contributed by atoms with van der Waals surface area (Å²) in [6.45, 7) is 1.73. The van der Waals surface area contributed by atoms with Crippen LogP contribution in [0.15, 0.2) is 47.5 Å². The van der Waals surface area contributed by atoms with Crippen molar-refractivity contribution in [3.05, 3.63) is 58.1 Å². The molecule has 0 atom stereocenters. The largest absolute Gasteiger partial charge is 0.285 e. The number of hydrogen-bond donors (Lipinski definition) is 1. The van der Waals surface area contributed by atoms with Crippen molar-refractivity contribution in [1.82, 2.24) is 20.2 Å². The van der Waals surface area contributed by atoms with E-state index in [2.05, 4.69) is 10.5 Å². The van der Waals surface area contributed by atoms with Crippen LogP contribution in [0, 0.1) is 10.1 Å². The van der Waals surface area contributed by atoms with Gasteiger partial charge >= 0.3 is 0 Å². The Kier molecular flexibility index (Phi) is 5.50. The zero-order valence-electron chi connectivity index (χ0n) is 16.0. The molecule has 1 aromatic heterocycles. The lowest BCUT2D eigenvalue weighted by Crippen LogP contribution is -2.45. The van der Waals surface area contributed by atoms with Gasteiger partial charge in [-0.1, -0.05) is 6.42 Å². The van der Waals surface area contributed by atoms with E-state index in [9.17, 15) is 14.9 Å². The lowest BCUT2D eigenvalue weighted by Gasteiger charge is -2.26. The summed E-state index contributed by atoms with van der Waals surface area (Å²) in [7, 11) is 0. The van der Waals surface area contributed by atoms with Crippen LogP contribution in [0.3, 0.4) is 0 Å². The number of hydrogen-bond acceptors (Lipinski definition) is 6. The standard InChI is InChI=1S/C20H21N5O3S/c1-29-20-17-10-5-14(19(26)21-23-11-3-2-4-12-23)13-18(17)24(22-20)15-6-8-16(9-7-15)25(27)28/h5-10,13H,2-4,11-12H2,1H3,(H,21,26). The SMILES string of the molecule is CSc1nn(-c2ccc([N+](=O)[O-])cc2)c2cc(C(=O)NN3CCCCC3)ccc12. The van der Waals surface area contributed by atoms with Crippen molar-refractivity contribution in [2.75, 3.05) is 19.3 Å². The maximum absolute atomic E-state index is 12.7. The summed E-state index contributed by atoms with van der Waals surface area (Å²) in [6.07, 6.45) is 5.32. The molecule has 0 aliphatic carbocycles. The molecule has 0 saturated carbocycles. The third kappa shape index (κ3) is 3.96. The molecule has 8 nitrogen and oxygen atoms in total. The molecule has 29 heavy (non-hydrogen) atoms. The first kappa shape index (κ1) is 19.4. The van der Waals surface area contributed by atoms with Crippen molar-refractivity contribution < 1.29 is 9.72 Å². The molecule has 2 aromatic carbocycles. The van der Waals surface area contributed by atoms with Gasteiger partial charge in [-0.05, 0) is 49.4 Å². The van der Waals surface area contributed by atoms with Gasteiger partial charge in [0.05, 0.1) is 16.1 Å². The predicted molar refractivity (Wildman–Crippen MR) is 112 cm³/mol. The number of nitrogens with zero attached hydrogens (tertiary/aromatic N) is 4. The van der Waals surface area contributed by atoms with Gasteiger partial charge < -0.3 is 0 Å². The second kappa shape index (κ2) is 8.22. The van der Waals surface area contributed by atoms with E-state index in [1.165, 1.54) is 30.3 Å². The zero-order valence-corrected chi connectivity index (χ0v) is 16.8. The molecule has 0 radical (unpaired) electrons. The summed E-state index contributed by atoms with van der Waals surface area (Å²) >= 11 is 1.52. The molecule has 4 rings (SSSR count). The van der Waals surface area contributed by atoms with Crippen molar-refractivity contribution >= 4 is 34.3 Å². The number of non-ortho nitro benzene ring substituents is 1. The van der Waals surface area contributed by atoms with Crippen LogP contribution >= 0.6 is 11.8 Å². The van der Waals surface area contributed by atoms with E-state index in [0.717, 1.165) is 41.9 Å². The normalized spacial score (nSPS) is 14.8. The molecule has 0 spiro atoms. The maximum atomic E-state index is 12.7. The Labute approximate surface area is 172 Å². The summed E-state index contributed by atoms with van der Waals surface area (Å²) in [6, 6.07) is 11.8.